The fourth-order valence-corrected chi connectivity index (χ4v) is 2.58. The molecule has 0 aliphatic carbocycles. The van der Waals surface area contributed by atoms with Crippen LogP contribution in [0.5, 0.6) is 0 Å². The van der Waals surface area contributed by atoms with Gasteiger partial charge in [0, 0.05) is 12.0 Å². The highest BCUT2D eigenvalue weighted by Gasteiger charge is 2.25. The first-order chi connectivity index (χ1) is 11.3. The van der Waals surface area contributed by atoms with Gasteiger partial charge < -0.3 is 4.42 Å². The summed E-state index contributed by atoms with van der Waals surface area (Å²) >= 11 is 0. The van der Waals surface area contributed by atoms with E-state index in [0.717, 1.165) is 5.56 Å². The van der Waals surface area contributed by atoms with Crippen LogP contribution in [0.4, 0.5) is 0 Å². The summed E-state index contributed by atoms with van der Waals surface area (Å²) in [6, 6.07) is 20.1. The Morgan fingerprint density at radius 1 is 0.826 bits per heavy atom. The molecule has 3 rings (SSSR count). The van der Waals surface area contributed by atoms with E-state index in [4.69, 9.17) is 4.42 Å². The lowest BCUT2D eigenvalue weighted by Gasteiger charge is -2.15. The lowest BCUT2D eigenvalue weighted by molar-refractivity contribution is 0.0893. The Morgan fingerprint density at radius 3 is 2.09 bits per heavy atom. The molecule has 1 atom stereocenters. The van der Waals surface area contributed by atoms with Crippen molar-refractivity contribution in [3.63, 3.8) is 0 Å². The fourth-order valence-electron chi connectivity index (χ4n) is 2.58. The molecule has 3 heteroatoms. The molecular formula is C20H16O3. The first kappa shape index (κ1) is 15.0. The van der Waals surface area contributed by atoms with Crippen molar-refractivity contribution in [2.75, 3.05) is 0 Å². The van der Waals surface area contributed by atoms with Gasteiger partial charge in [0.2, 0.25) is 0 Å². The quantitative estimate of drug-likeness (QED) is 0.629. The standard InChI is InChI=1S/C20H16O3/c21-19(16-9-5-2-6-10-16)13-18(15-7-3-1-4-8-15)20(22)17-11-12-23-14-17/h1-12,14,18H,13H2. The van der Waals surface area contributed by atoms with E-state index in [9.17, 15) is 9.59 Å². The van der Waals surface area contributed by atoms with E-state index in [2.05, 4.69) is 0 Å². The number of carbonyl (C=O) groups excluding carboxylic acids is 2. The van der Waals surface area contributed by atoms with Crippen LogP contribution >= 0.6 is 0 Å². The summed E-state index contributed by atoms with van der Waals surface area (Å²) < 4.78 is 5.01. The number of hydrogen-bond acceptors (Lipinski definition) is 3. The molecule has 0 saturated heterocycles. The molecule has 0 radical (unpaired) electrons. The zero-order valence-electron chi connectivity index (χ0n) is 12.5. The topological polar surface area (TPSA) is 47.3 Å². The van der Waals surface area contributed by atoms with Gasteiger partial charge in [0.15, 0.2) is 11.6 Å². The summed E-state index contributed by atoms with van der Waals surface area (Å²) in [7, 11) is 0. The minimum atomic E-state index is -0.512. The maximum absolute atomic E-state index is 12.8. The van der Waals surface area contributed by atoms with Crippen molar-refractivity contribution in [2.45, 2.75) is 12.3 Å². The predicted octanol–water partition coefficient (Wildman–Crippen LogP) is 4.52. The molecule has 3 aromatic rings. The third kappa shape index (κ3) is 3.46. The molecular weight excluding hydrogens is 288 g/mol. The van der Waals surface area contributed by atoms with Crippen LogP contribution in [0.3, 0.4) is 0 Å². The highest BCUT2D eigenvalue weighted by atomic mass is 16.3. The van der Waals surface area contributed by atoms with Crippen molar-refractivity contribution in [2.24, 2.45) is 0 Å². The fraction of sp³-hybridized carbons (Fsp3) is 0.100. The van der Waals surface area contributed by atoms with E-state index >= 15 is 0 Å². The van der Waals surface area contributed by atoms with E-state index in [1.807, 2.05) is 48.5 Å². The molecule has 0 spiro atoms. The number of hydrogen-bond donors (Lipinski definition) is 0. The van der Waals surface area contributed by atoms with Crippen LogP contribution < -0.4 is 0 Å². The second-order valence-electron chi connectivity index (χ2n) is 5.33. The SMILES string of the molecule is O=C(CC(C(=O)c1ccoc1)c1ccccc1)c1ccccc1. The highest BCUT2D eigenvalue weighted by Crippen LogP contribution is 2.26. The molecule has 0 aliphatic rings. The molecule has 2 aromatic carbocycles. The Bertz CT molecular complexity index is 774. The Labute approximate surface area is 134 Å². The van der Waals surface area contributed by atoms with Gasteiger partial charge in [-0.05, 0) is 11.6 Å². The van der Waals surface area contributed by atoms with E-state index in [1.54, 1.807) is 18.2 Å². The second-order valence-corrected chi connectivity index (χ2v) is 5.33. The summed E-state index contributed by atoms with van der Waals surface area (Å²) in [6.07, 6.45) is 3.03. The lowest BCUT2D eigenvalue weighted by Crippen LogP contribution is -2.17. The van der Waals surface area contributed by atoms with E-state index < -0.39 is 5.92 Å². The largest absolute Gasteiger partial charge is 0.472 e. The van der Waals surface area contributed by atoms with Crippen molar-refractivity contribution < 1.29 is 14.0 Å². The first-order valence-corrected chi connectivity index (χ1v) is 7.45. The van der Waals surface area contributed by atoms with Crippen molar-refractivity contribution in [1.29, 1.82) is 0 Å². The average Bonchev–Trinajstić information content (AvgIpc) is 3.15. The van der Waals surface area contributed by atoms with Crippen LogP contribution in [0, 0.1) is 0 Å². The average molecular weight is 304 g/mol. The van der Waals surface area contributed by atoms with Gasteiger partial charge in [0.1, 0.15) is 6.26 Å². The Balaban J connectivity index is 1.90. The monoisotopic (exact) mass is 304 g/mol. The van der Waals surface area contributed by atoms with Crippen molar-refractivity contribution >= 4 is 11.6 Å². The third-order valence-corrected chi connectivity index (χ3v) is 3.81. The summed E-state index contributed by atoms with van der Waals surface area (Å²) in [5, 5.41) is 0. The first-order valence-electron chi connectivity index (χ1n) is 7.45. The van der Waals surface area contributed by atoms with Gasteiger partial charge in [0.05, 0.1) is 17.7 Å². The lowest BCUT2D eigenvalue weighted by atomic mass is 9.86. The molecule has 23 heavy (non-hydrogen) atoms. The minimum absolute atomic E-state index is 0.0451. The van der Waals surface area contributed by atoms with Gasteiger partial charge in [-0.2, -0.15) is 0 Å². The molecule has 0 aliphatic heterocycles. The van der Waals surface area contributed by atoms with Crippen LogP contribution in [0.2, 0.25) is 0 Å². The normalized spacial score (nSPS) is 11.8. The van der Waals surface area contributed by atoms with Crippen LogP contribution in [-0.4, -0.2) is 11.6 Å². The zero-order chi connectivity index (χ0) is 16.1. The summed E-state index contributed by atoms with van der Waals surface area (Å²) in [5.41, 5.74) is 1.94. The maximum atomic E-state index is 12.8. The molecule has 0 saturated carbocycles. The third-order valence-electron chi connectivity index (χ3n) is 3.81. The molecule has 1 unspecified atom stereocenters. The molecule has 1 heterocycles. The summed E-state index contributed by atoms with van der Waals surface area (Å²) in [6.45, 7) is 0. The zero-order valence-corrected chi connectivity index (χ0v) is 12.5. The van der Waals surface area contributed by atoms with Gasteiger partial charge in [-0.1, -0.05) is 60.7 Å². The molecule has 1 aromatic heterocycles. The molecule has 114 valence electrons. The van der Waals surface area contributed by atoms with Gasteiger partial charge >= 0.3 is 0 Å². The van der Waals surface area contributed by atoms with Gasteiger partial charge in [-0.3, -0.25) is 9.59 Å². The van der Waals surface area contributed by atoms with E-state index in [0.29, 0.717) is 11.1 Å². The van der Waals surface area contributed by atoms with Gasteiger partial charge in [0.25, 0.3) is 0 Å². The number of carbonyl (C=O) groups is 2. The van der Waals surface area contributed by atoms with Crippen LogP contribution in [0.15, 0.2) is 83.7 Å². The maximum Gasteiger partial charge on any atom is 0.173 e. The Kier molecular flexibility index (Phi) is 4.48. The molecule has 3 nitrogen and oxygen atoms in total. The van der Waals surface area contributed by atoms with Gasteiger partial charge in [-0.15, -0.1) is 0 Å². The number of Topliss-reactive ketones (excluding diaryl/α,β-unsaturated/α-hetero) is 2. The van der Waals surface area contributed by atoms with E-state index in [-0.39, 0.29) is 18.0 Å². The number of benzene rings is 2. The number of furan rings is 1. The molecule has 0 bridgehead atoms. The molecule has 0 fully saturated rings. The minimum Gasteiger partial charge on any atom is -0.472 e. The second kappa shape index (κ2) is 6.88. The summed E-state index contributed by atoms with van der Waals surface area (Å²) in [5.74, 6) is -0.660. The van der Waals surface area contributed by atoms with Crippen LogP contribution in [0.1, 0.15) is 38.6 Å². The van der Waals surface area contributed by atoms with Crippen LogP contribution in [0.25, 0.3) is 0 Å². The smallest absolute Gasteiger partial charge is 0.173 e. The predicted molar refractivity (Wildman–Crippen MR) is 87.6 cm³/mol. The van der Waals surface area contributed by atoms with Gasteiger partial charge in [-0.25, -0.2) is 0 Å². The van der Waals surface area contributed by atoms with Crippen molar-refractivity contribution in [3.05, 3.63) is 95.9 Å². The highest BCUT2D eigenvalue weighted by molar-refractivity contribution is 6.05. The molecule has 0 amide bonds. The Hall–Kier alpha value is -2.94. The van der Waals surface area contributed by atoms with Crippen molar-refractivity contribution in [1.82, 2.24) is 0 Å². The van der Waals surface area contributed by atoms with Crippen molar-refractivity contribution in [3.8, 4) is 0 Å². The summed E-state index contributed by atoms with van der Waals surface area (Å²) in [4.78, 5) is 25.3. The molecule has 0 N–H and O–H groups in total. The number of ketones is 2. The van der Waals surface area contributed by atoms with Crippen LogP contribution in [-0.2, 0) is 0 Å². The van der Waals surface area contributed by atoms with E-state index in [1.165, 1.54) is 12.5 Å². The Morgan fingerprint density at radius 2 is 1.48 bits per heavy atom. The number of rotatable bonds is 6.